The van der Waals surface area contributed by atoms with Gasteiger partial charge in [-0.25, -0.2) is 4.98 Å². The van der Waals surface area contributed by atoms with Crippen molar-refractivity contribution in [3.8, 4) is 10.6 Å². The van der Waals surface area contributed by atoms with Crippen molar-refractivity contribution in [1.29, 1.82) is 0 Å². The average Bonchev–Trinajstić information content (AvgIpc) is 3.33. The number of thiazole rings is 1. The molecule has 0 unspecified atom stereocenters. The third-order valence-corrected chi connectivity index (χ3v) is 6.19. The second-order valence-corrected chi connectivity index (χ2v) is 8.52. The van der Waals surface area contributed by atoms with E-state index in [1.807, 2.05) is 24.4 Å². The summed E-state index contributed by atoms with van der Waals surface area (Å²) >= 11 is 4.51. The van der Waals surface area contributed by atoms with Crippen LogP contribution in [0.15, 0.2) is 33.1 Å². The van der Waals surface area contributed by atoms with Crippen molar-refractivity contribution in [3.63, 3.8) is 0 Å². The molecular formula is C16H13N5O2S3. The minimum Gasteiger partial charge on any atom is -0.360 e. The molecule has 0 bridgehead atoms. The van der Waals surface area contributed by atoms with Gasteiger partial charge in [0, 0.05) is 6.07 Å². The van der Waals surface area contributed by atoms with Crippen molar-refractivity contribution in [2.45, 2.75) is 18.9 Å². The number of carbonyl (C=O) groups excluding carboxylic acids is 1. The molecule has 4 aromatic rings. The molecule has 0 aliphatic carbocycles. The van der Waals surface area contributed by atoms with E-state index in [2.05, 4.69) is 25.7 Å². The van der Waals surface area contributed by atoms with Crippen LogP contribution in [0.1, 0.15) is 10.8 Å². The van der Waals surface area contributed by atoms with Crippen molar-refractivity contribution in [2.24, 2.45) is 0 Å². The van der Waals surface area contributed by atoms with E-state index in [1.165, 1.54) is 11.8 Å². The van der Waals surface area contributed by atoms with E-state index in [0.717, 1.165) is 25.8 Å². The zero-order chi connectivity index (χ0) is 18.1. The second-order valence-electron chi connectivity index (χ2n) is 5.40. The fourth-order valence-electron chi connectivity index (χ4n) is 2.33. The number of rotatable bonds is 5. The lowest BCUT2D eigenvalue weighted by molar-refractivity contribution is -0.113. The van der Waals surface area contributed by atoms with Crippen LogP contribution in [0, 0.1) is 13.8 Å². The predicted molar refractivity (Wildman–Crippen MR) is 104 cm³/mol. The number of thioether (sulfide) groups is 1. The first kappa shape index (κ1) is 17.1. The number of hydrogen-bond donors (Lipinski definition) is 1. The highest BCUT2D eigenvalue weighted by Gasteiger charge is 2.17. The first-order valence-corrected chi connectivity index (χ1v) is 10.3. The summed E-state index contributed by atoms with van der Waals surface area (Å²) in [5.41, 5.74) is 1.63. The maximum Gasteiger partial charge on any atom is 0.236 e. The maximum atomic E-state index is 12.1. The first-order chi connectivity index (χ1) is 12.6. The standard InChI is InChI=1S/C16H13N5O2S3/c1-8-6-11(21-23-8)18-12(22)7-25-16-14-15(26-9(2)17-14)13(19-20-16)10-4-3-5-24-10/h3-6H,7H2,1-2H3,(H,18,21,22). The number of carbonyl (C=O) groups is 1. The lowest BCUT2D eigenvalue weighted by atomic mass is 10.3. The van der Waals surface area contributed by atoms with Crippen LogP contribution >= 0.6 is 34.4 Å². The summed E-state index contributed by atoms with van der Waals surface area (Å²) in [6.07, 6.45) is 0. The first-order valence-electron chi connectivity index (χ1n) is 7.64. The quantitative estimate of drug-likeness (QED) is 0.500. The third-order valence-electron chi connectivity index (χ3n) is 3.38. The molecule has 7 nitrogen and oxygen atoms in total. The molecule has 26 heavy (non-hydrogen) atoms. The second kappa shape index (κ2) is 7.14. The molecule has 10 heteroatoms. The summed E-state index contributed by atoms with van der Waals surface area (Å²) in [5, 5.41) is 18.7. The van der Waals surface area contributed by atoms with Crippen molar-refractivity contribution in [3.05, 3.63) is 34.3 Å². The number of fused-ring (bicyclic) bond motifs is 1. The maximum absolute atomic E-state index is 12.1. The molecule has 0 aliphatic heterocycles. The SMILES string of the molecule is Cc1cc(NC(=O)CSc2nnc(-c3cccs3)c3sc(C)nc23)no1. The van der Waals surface area contributed by atoms with Gasteiger partial charge in [0.05, 0.1) is 20.3 Å². The summed E-state index contributed by atoms with van der Waals surface area (Å²) < 4.78 is 5.93. The molecule has 0 atom stereocenters. The van der Waals surface area contributed by atoms with Crippen LogP contribution in [0.25, 0.3) is 20.8 Å². The molecule has 1 N–H and O–H groups in total. The highest BCUT2D eigenvalue weighted by molar-refractivity contribution is 8.00. The lowest BCUT2D eigenvalue weighted by Crippen LogP contribution is -2.14. The molecule has 4 aromatic heterocycles. The summed E-state index contributed by atoms with van der Waals surface area (Å²) in [6.45, 7) is 3.72. The summed E-state index contributed by atoms with van der Waals surface area (Å²) in [6, 6.07) is 5.67. The van der Waals surface area contributed by atoms with Crippen LogP contribution in [0.2, 0.25) is 0 Å². The molecule has 132 valence electrons. The number of nitrogens with one attached hydrogen (secondary N) is 1. The molecule has 4 rings (SSSR count). The predicted octanol–water partition coefficient (Wildman–Crippen LogP) is 4.15. The van der Waals surface area contributed by atoms with E-state index in [4.69, 9.17) is 4.52 Å². The Kier molecular flexibility index (Phi) is 4.70. The Morgan fingerprint density at radius 2 is 2.23 bits per heavy atom. The van der Waals surface area contributed by atoms with Crippen molar-refractivity contribution < 1.29 is 9.32 Å². The van der Waals surface area contributed by atoms with Gasteiger partial charge in [-0.15, -0.1) is 32.9 Å². The van der Waals surface area contributed by atoms with E-state index in [0.29, 0.717) is 16.6 Å². The van der Waals surface area contributed by atoms with Gasteiger partial charge < -0.3 is 9.84 Å². The van der Waals surface area contributed by atoms with E-state index < -0.39 is 0 Å². The number of anilines is 1. The number of amides is 1. The Hall–Kier alpha value is -2.30. The molecule has 0 saturated carbocycles. The molecule has 0 fully saturated rings. The van der Waals surface area contributed by atoms with Gasteiger partial charge >= 0.3 is 0 Å². The Balaban J connectivity index is 1.55. The fraction of sp³-hybridized carbons (Fsp3) is 0.188. The summed E-state index contributed by atoms with van der Waals surface area (Å²) in [7, 11) is 0. The van der Waals surface area contributed by atoms with E-state index in [1.54, 1.807) is 35.7 Å². The molecule has 0 saturated heterocycles. The zero-order valence-electron chi connectivity index (χ0n) is 13.8. The van der Waals surface area contributed by atoms with Gasteiger partial charge in [-0.1, -0.05) is 23.0 Å². The van der Waals surface area contributed by atoms with Crippen LogP contribution in [0.3, 0.4) is 0 Å². The Labute approximate surface area is 160 Å². The minimum atomic E-state index is -0.187. The minimum absolute atomic E-state index is 0.185. The highest BCUT2D eigenvalue weighted by Crippen LogP contribution is 2.36. The molecule has 0 radical (unpaired) electrons. The fourth-order valence-corrected chi connectivity index (χ4v) is 4.82. The van der Waals surface area contributed by atoms with Gasteiger partial charge in [0.1, 0.15) is 22.0 Å². The molecule has 0 spiro atoms. The number of thiophene rings is 1. The van der Waals surface area contributed by atoms with Crippen LogP contribution in [0.5, 0.6) is 0 Å². The van der Waals surface area contributed by atoms with Gasteiger partial charge in [-0.05, 0) is 25.3 Å². The van der Waals surface area contributed by atoms with Crippen molar-refractivity contribution in [1.82, 2.24) is 20.3 Å². The monoisotopic (exact) mass is 403 g/mol. The van der Waals surface area contributed by atoms with Gasteiger partial charge in [0.15, 0.2) is 5.82 Å². The van der Waals surface area contributed by atoms with E-state index in [-0.39, 0.29) is 11.7 Å². The highest BCUT2D eigenvalue weighted by atomic mass is 32.2. The molecule has 0 aliphatic rings. The number of aryl methyl sites for hydroxylation is 2. The Bertz CT molecular complexity index is 1070. The molecule has 0 aromatic carbocycles. The van der Waals surface area contributed by atoms with Crippen LogP contribution in [-0.2, 0) is 4.79 Å². The normalized spacial score (nSPS) is 11.2. The van der Waals surface area contributed by atoms with Crippen LogP contribution in [0.4, 0.5) is 5.82 Å². The molecule has 4 heterocycles. The average molecular weight is 404 g/mol. The Morgan fingerprint density at radius 1 is 1.35 bits per heavy atom. The van der Waals surface area contributed by atoms with Gasteiger partial charge in [0.25, 0.3) is 0 Å². The summed E-state index contributed by atoms with van der Waals surface area (Å²) in [5.74, 6) is 1.04. The van der Waals surface area contributed by atoms with E-state index >= 15 is 0 Å². The lowest BCUT2D eigenvalue weighted by Gasteiger charge is -2.03. The van der Waals surface area contributed by atoms with Gasteiger partial charge in [-0.2, -0.15) is 0 Å². The number of hydrogen-bond acceptors (Lipinski definition) is 9. The van der Waals surface area contributed by atoms with Crippen LogP contribution in [-0.4, -0.2) is 32.0 Å². The summed E-state index contributed by atoms with van der Waals surface area (Å²) in [4.78, 5) is 17.8. The van der Waals surface area contributed by atoms with Crippen LogP contribution < -0.4 is 5.32 Å². The smallest absolute Gasteiger partial charge is 0.236 e. The number of aromatic nitrogens is 4. The third kappa shape index (κ3) is 3.48. The van der Waals surface area contributed by atoms with E-state index in [9.17, 15) is 4.79 Å². The van der Waals surface area contributed by atoms with Gasteiger partial charge in [-0.3, -0.25) is 4.79 Å². The van der Waals surface area contributed by atoms with Gasteiger partial charge in [0.2, 0.25) is 5.91 Å². The topological polar surface area (TPSA) is 93.8 Å². The van der Waals surface area contributed by atoms with Crippen molar-refractivity contribution in [2.75, 3.05) is 11.1 Å². The molecule has 1 amide bonds. The van der Waals surface area contributed by atoms with Crippen molar-refractivity contribution >= 4 is 56.4 Å². The Morgan fingerprint density at radius 3 is 2.96 bits per heavy atom. The number of nitrogens with zero attached hydrogens (tertiary/aromatic N) is 4. The molecular weight excluding hydrogens is 390 g/mol. The zero-order valence-corrected chi connectivity index (χ0v) is 16.3. The largest absolute Gasteiger partial charge is 0.360 e.